The van der Waals surface area contributed by atoms with Crippen LogP contribution in [0.25, 0.3) is 0 Å². The van der Waals surface area contributed by atoms with E-state index in [2.05, 4.69) is 22.8 Å². The molecule has 0 spiro atoms. The maximum atomic E-state index is 11.9. The molecule has 146 valence electrons. The Labute approximate surface area is 160 Å². The number of hydrogen-bond acceptors (Lipinski definition) is 4. The molecule has 0 aliphatic rings. The van der Waals surface area contributed by atoms with E-state index in [1.54, 1.807) is 27.4 Å². The summed E-state index contributed by atoms with van der Waals surface area (Å²) in [5, 5.41) is 5.75. The second kappa shape index (κ2) is 11.0. The van der Waals surface area contributed by atoms with Gasteiger partial charge < -0.3 is 24.8 Å². The number of aryl methyl sites for hydroxylation is 1. The summed E-state index contributed by atoms with van der Waals surface area (Å²) in [5.41, 5.74) is 2.22. The highest BCUT2D eigenvalue weighted by Crippen LogP contribution is 2.34. The number of rotatable bonds is 10. The lowest BCUT2D eigenvalue weighted by molar-refractivity contribution is 0.241. The van der Waals surface area contributed by atoms with Gasteiger partial charge in [0.15, 0.2) is 11.5 Å². The SMILES string of the molecule is COc1cc(OC)c(OC)cc1CCNC(=O)NCCCc1ccccc1. The lowest BCUT2D eigenvalue weighted by atomic mass is 10.1. The molecular formula is C21H28N2O4. The fourth-order valence-corrected chi connectivity index (χ4v) is 2.80. The summed E-state index contributed by atoms with van der Waals surface area (Å²) in [6.45, 7) is 1.14. The Kier molecular flexibility index (Phi) is 8.29. The Bertz CT molecular complexity index is 720. The molecule has 2 amide bonds. The summed E-state index contributed by atoms with van der Waals surface area (Å²) in [6, 6.07) is 13.7. The number of amides is 2. The van der Waals surface area contributed by atoms with Crippen molar-refractivity contribution in [3.8, 4) is 17.2 Å². The molecule has 0 unspecified atom stereocenters. The molecule has 0 radical (unpaired) electrons. The fraction of sp³-hybridized carbons (Fsp3) is 0.381. The molecule has 2 N–H and O–H groups in total. The van der Waals surface area contributed by atoms with Gasteiger partial charge in [-0.15, -0.1) is 0 Å². The predicted molar refractivity (Wildman–Crippen MR) is 106 cm³/mol. The first-order valence-electron chi connectivity index (χ1n) is 9.02. The van der Waals surface area contributed by atoms with E-state index < -0.39 is 0 Å². The van der Waals surface area contributed by atoms with Crippen LogP contribution in [0, 0.1) is 0 Å². The molecule has 2 rings (SSSR count). The minimum absolute atomic E-state index is 0.164. The van der Waals surface area contributed by atoms with E-state index in [0.29, 0.717) is 36.8 Å². The smallest absolute Gasteiger partial charge is 0.314 e. The van der Waals surface area contributed by atoms with E-state index in [9.17, 15) is 4.79 Å². The summed E-state index contributed by atoms with van der Waals surface area (Å²) in [5.74, 6) is 1.96. The molecule has 0 atom stereocenters. The highest BCUT2D eigenvalue weighted by atomic mass is 16.5. The Morgan fingerprint density at radius 2 is 1.44 bits per heavy atom. The van der Waals surface area contributed by atoms with Crippen molar-refractivity contribution < 1.29 is 19.0 Å². The van der Waals surface area contributed by atoms with Gasteiger partial charge in [-0.25, -0.2) is 4.79 Å². The van der Waals surface area contributed by atoms with Gasteiger partial charge in [0.25, 0.3) is 0 Å². The van der Waals surface area contributed by atoms with Crippen molar-refractivity contribution in [1.82, 2.24) is 10.6 Å². The maximum Gasteiger partial charge on any atom is 0.314 e. The summed E-state index contributed by atoms with van der Waals surface area (Å²) >= 11 is 0. The molecule has 0 saturated heterocycles. The predicted octanol–water partition coefficient (Wildman–Crippen LogP) is 3.19. The number of benzene rings is 2. The first-order valence-corrected chi connectivity index (χ1v) is 9.02. The number of urea groups is 1. The van der Waals surface area contributed by atoms with Crippen LogP contribution in [-0.2, 0) is 12.8 Å². The van der Waals surface area contributed by atoms with Crippen LogP contribution in [0.15, 0.2) is 42.5 Å². The van der Waals surface area contributed by atoms with Crippen molar-refractivity contribution in [2.45, 2.75) is 19.3 Å². The molecule has 0 saturated carbocycles. The number of hydrogen-bond donors (Lipinski definition) is 2. The highest BCUT2D eigenvalue weighted by Gasteiger charge is 2.12. The van der Waals surface area contributed by atoms with Crippen molar-refractivity contribution in [3.05, 3.63) is 53.6 Å². The molecule has 0 bridgehead atoms. The van der Waals surface area contributed by atoms with Gasteiger partial charge in [-0.1, -0.05) is 30.3 Å². The van der Waals surface area contributed by atoms with E-state index in [1.165, 1.54) is 5.56 Å². The Morgan fingerprint density at radius 1 is 0.815 bits per heavy atom. The van der Waals surface area contributed by atoms with Gasteiger partial charge in [0.2, 0.25) is 0 Å². The first kappa shape index (κ1) is 20.4. The van der Waals surface area contributed by atoms with Crippen molar-refractivity contribution >= 4 is 6.03 Å². The van der Waals surface area contributed by atoms with Crippen LogP contribution in [0.1, 0.15) is 17.5 Å². The van der Waals surface area contributed by atoms with Crippen molar-refractivity contribution in [3.63, 3.8) is 0 Å². The number of carbonyl (C=O) groups excluding carboxylic acids is 1. The normalized spacial score (nSPS) is 10.2. The average molecular weight is 372 g/mol. The number of carbonyl (C=O) groups is 1. The van der Waals surface area contributed by atoms with Gasteiger partial charge in [-0.3, -0.25) is 0 Å². The third kappa shape index (κ3) is 6.40. The fourth-order valence-electron chi connectivity index (χ4n) is 2.80. The molecule has 6 nitrogen and oxygen atoms in total. The molecule has 27 heavy (non-hydrogen) atoms. The Morgan fingerprint density at radius 3 is 2.11 bits per heavy atom. The number of methoxy groups -OCH3 is 3. The van der Waals surface area contributed by atoms with Gasteiger partial charge in [0, 0.05) is 19.2 Å². The lowest BCUT2D eigenvalue weighted by Gasteiger charge is -2.14. The van der Waals surface area contributed by atoms with Gasteiger partial charge in [0.1, 0.15) is 5.75 Å². The zero-order valence-corrected chi connectivity index (χ0v) is 16.2. The van der Waals surface area contributed by atoms with Gasteiger partial charge in [0.05, 0.1) is 21.3 Å². The van der Waals surface area contributed by atoms with Crippen LogP contribution in [0.2, 0.25) is 0 Å². The van der Waals surface area contributed by atoms with Crippen LogP contribution < -0.4 is 24.8 Å². The minimum atomic E-state index is -0.164. The minimum Gasteiger partial charge on any atom is -0.496 e. The van der Waals surface area contributed by atoms with Gasteiger partial charge >= 0.3 is 6.03 Å². The third-order valence-electron chi connectivity index (χ3n) is 4.24. The van der Waals surface area contributed by atoms with E-state index in [0.717, 1.165) is 18.4 Å². The molecule has 0 aromatic heterocycles. The lowest BCUT2D eigenvalue weighted by Crippen LogP contribution is -2.37. The van der Waals surface area contributed by atoms with Crippen LogP contribution in [0.4, 0.5) is 4.79 Å². The molecule has 0 fully saturated rings. The van der Waals surface area contributed by atoms with E-state index in [1.807, 2.05) is 24.3 Å². The Balaban J connectivity index is 1.74. The van der Waals surface area contributed by atoms with E-state index in [-0.39, 0.29) is 6.03 Å². The summed E-state index contributed by atoms with van der Waals surface area (Å²) in [7, 11) is 4.79. The monoisotopic (exact) mass is 372 g/mol. The average Bonchev–Trinajstić information content (AvgIpc) is 2.71. The zero-order chi connectivity index (χ0) is 19.5. The first-order chi connectivity index (χ1) is 13.2. The topological polar surface area (TPSA) is 68.8 Å². The highest BCUT2D eigenvalue weighted by molar-refractivity contribution is 5.73. The van der Waals surface area contributed by atoms with Crippen molar-refractivity contribution in [2.75, 3.05) is 34.4 Å². The van der Waals surface area contributed by atoms with Crippen LogP contribution in [0.5, 0.6) is 17.2 Å². The molecule has 0 aliphatic heterocycles. The second-order valence-electron chi connectivity index (χ2n) is 6.04. The molecule has 6 heteroatoms. The summed E-state index contributed by atoms with van der Waals surface area (Å²) < 4.78 is 16.0. The molecular weight excluding hydrogens is 344 g/mol. The number of ether oxygens (including phenoxy) is 3. The zero-order valence-electron chi connectivity index (χ0n) is 16.2. The van der Waals surface area contributed by atoms with E-state index in [4.69, 9.17) is 14.2 Å². The van der Waals surface area contributed by atoms with Crippen LogP contribution >= 0.6 is 0 Å². The van der Waals surface area contributed by atoms with Crippen LogP contribution in [0.3, 0.4) is 0 Å². The van der Waals surface area contributed by atoms with Crippen LogP contribution in [-0.4, -0.2) is 40.5 Å². The molecule has 2 aromatic carbocycles. The standard InChI is InChI=1S/C21H28N2O4/c1-25-18-15-20(27-3)19(26-2)14-17(18)11-13-23-21(24)22-12-7-10-16-8-5-4-6-9-16/h4-6,8-9,14-15H,7,10-13H2,1-3H3,(H2,22,23,24). The van der Waals surface area contributed by atoms with E-state index >= 15 is 0 Å². The second-order valence-corrected chi connectivity index (χ2v) is 6.04. The molecule has 0 aliphatic carbocycles. The molecule has 0 heterocycles. The molecule has 2 aromatic rings. The third-order valence-corrected chi connectivity index (χ3v) is 4.24. The van der Waals surface area contributed by atoms with Gasteiger partial charge in [-0.2, -0.15) is 0 Å². The quantitative estimate of drug-likeness (QED) is 0.629. The largest absolute Gasteiger partial charge is 0.496 e. The summed E-state index contributed by atoms with van der Waals surface area (Å²) in [6.07, 6.45) is 2.48. The van der Waals surface area contributed by atoms with Crippen molar-refractivity contribution in [1.29, 1.82) is 0 Å². The maximum absolute atomic E-state index is 11.9. The Hall–Kier alpha value is -2.89. The number of nitrogens with one attached hydrogen (secondary N) is 2. The van der Waals surface area contributed by atoms with Gasteiger partial charge in [-0.05, 0) is 36.5 Å². The summed E-state index contributed by atoms with van der Waals surface area (Å²) in [4.78, 5) is 11.9. The van der Waals surface area contributed by atoms with Crippen molar-refractivity contribution in [2.24, 2.45) is 0 Å².